The lowest BCUT2D eigenvalue weighted by Crippen LogP contribution is -2.39. The van der Waals surface area contributed by atoms with Crippen molar-refractivity contribution in [3.05, 3.63) is 11.1 Å². The number of aliphatic carboxylic acids is 1. The van der Waals surface area contributed by atoms with Crippen LogP contribution in [-0.2, 0) is 11.2 Å². The van der Waals surface area contributed by atoms with E-state index < -0.39 is 5.97 Å². The standard InChI is InChI=1S/C13H20N2O2S/c1-2-10-9-18-13(14-10)15-8-4-3-5-11(15)6-7-12(16)17/h9,11H,2-8H2,1H3,(H,16,17). The summed E-state index contributed by atoms with van der Waals surface area (Å²) in [5.41, 5.74) is 1.14. The van der Waals surface area contributed by atoms with Crippen LogP contribution in [0.1, 0.15) is 44.7 Å². The molecule has 1 aliphatic rings. The second-order valence-corrected chi connectivity index (χ2v) is 5.59. The largest absolute Gasteiger partial charge is 0.481 e. The van der Waals surface area contributed by atoms with Gasteiger partial charge in [-0.3, -0.25) is 4.79 Å². The van der Waals surface area contributed by atoms with Gasteiger partial charge in [-0.2, -0.15) is 0 Å². The molecule has 5 heteroatoms. The first-order valence-corrected chi connectivity index (χ1v) is 7.51. The summed E-state index contributed by atoms with van der Waals surface area (Å²) in [6, 6.07) is 0.353. The number of aromatic nitrogens is 1. The Morgan fingerprint density at radius 3 is 3.11 bits per heavy atom. The molecule has 2 heterocycles. The fourth-order valence-corrected chi connectivity index (χ4v) is 3.44. The van der Waals surface area contributed by atoms with Crippen LogP contribution in [0.2, 0.25) is 0 Å². The molecule has 1 aromatic rings. The van der Waals surface area contributed by atoms with Crippen LogP contribution < -0.4 is 4.90 Å². The number of carboxylic acid groups (broad SMARTS) is 1. The molecule has 100 valence electrons. The maximum atomic E-state index is 10.7. The SMILES string of the molecule is CCc1csc(N2CCCCC2CCC(=O)O)n1. The molecule has 2 rings (SSSR count). The minimum Gasteiger partial charge on any atom is -0.481 e. The van der Waals surface area contributed by atoms with Gasteiger partial charge in [-0.1, -0.05) is 6.92 Å². The van der Waals surface area contributed by atoms with Crippen molar-refractivity contribution in [3.63, 3.8) is 0 Å². The molecule has 1 N–H and O–H groups in total. The molecule has 1 aliphatic heterocycles. The number of thiazole rings is 1. The summed E-state index contributed by atoms with van der Waals surface area (Å²) >= 11 is 1.69. The number of carboxylic acids is 1. The minimum atomic E-state index is -0.700. The van der Waals surface area contributed by atoms with Crippen molar-refractivity contribution in [2.45, 2.75) is 51.5 Å². The number of carbonyl (C=O) groups is 1. The van der Waals surface area contributed by atoms with E-state index in [4.69, 9.17) is 5.11 Å². The first kappa shape index (κ1) is 13.3. The Balaban J connectivity index is 2.04. The van der Waals surface area contributed by atoms with E-state index in [0.717, 1.165) is 36.6 Å². The molecule has 0 aromatic carbocycles. The van der Waals surface area contributed by atoms with E-state index in [1.165, 1.54) is 12.8 Å². The number of nitrogens with zero attached hydrogens (tertiary/aromatic N) is 2. The Labute approximate surface area is 112 Å². The summed E-state index contributed by atoms with van der Waals surface area (Å²) in [7, 11) is 0. The highest BCUT2D eigenvalue weighted by Gasteiger charge is 2.25. The van der Waals surface area contributed by atoms with Gasteiger partial charge in [0.05, 0.1) is 5.69 Å². The first-order chi connectivity index (χ1) is 8.70. The van der Waals surface area contributed by atoms with Gasteiger partial charge in [0.1, 0.15) is 0 Å². The van der Waals surface area contributed by atoms with Crippen molar-refractivity contribution in [2.24, 2.45) is 0 Å². The van der Waals surface area contributed by atoms with Crippen LogP contribution in [-0.4, -0.2) is 28.6 Å². The van der Waals surface area contributed by atoms with Gasteiger partial charge in [-0.05, 0) is 32.1 Å². The molecule has 18 heavy (non-hydrogen) atoms. The molecule has 0 aliphatic carbocycles. The lowest BCUT2D eigenvalue weighted by atomic mass is 9.98. The molecule has 0 radical (unpaired) electrons. The number of hydrogen-bond acceptors (Lipinski definition) is 4. The number of rotatable bonds is 5. The highest BCUT2D eigenvalue weighted by Crippen LogP contribution is 2.29. The highest BCUT2D eigenvalue weighted by molar-refractivity contribution is 7.13. The van der Waals surface area contributed by atoms with Crippen molar-refractivity contribution < 1.29 is 9.90 Å². The van der Waals surface area contributed by atoms with Gasteiger partial charge >= 0.3 is 5.97 Å². The van der Waals surface area contributed by atoms with Gasteiger partial charge in [-0.25, -0.2) is 4.98 Å². The van der Waals surface area contributed by atoms with Crippen LogP contribution in [0, 0.1) is 0 Å². The molecule has 1 atom stereocenters. The predicted molar refractivity (Wildman–Crippen MR) is 73.3 cm³/mol. The van der Waals surface area contributed by atoms with Crippen molar-refractivity contribution in [3.8, 4) is 0 Å². The second kappa shape index (κ2) is 6.18. The van der Waals surface area contributed by atoms with Gasteiger partial charge in [0.25, 0.3) is 0 Å². The third-order valence-electron chi connectivity index (χ3n) is 3.47. The van der Waals surface area contributed by atoms with Crippen LogP contribution in [0.25, 0.3) is 0 Å². The van der Waals surface area contributed by atoms with Crippen LogP contribution in [0.4, 0.5) is 5.13 Å². The van der Waals surface area contributed by atoms with Crippen LogP contribution >= 0.6 is 11.3 Å². The van der Waals surface area contributed by atoms with Crippen molar-refractivity contribution in [1.29, 1.82) is 0 Å². The average molecular weight is 268 g/mol. The lowest BCUT2D eigenvalue weighted by molar-refractivity contribution is -0.137. The zero-order valence-corrected chi connectivity index (χ0v) is 11.6. The molecule has 0 saturated carbocycles. The maximum absolute atomic E-state index is 10.7. The number of aryl methyl sites for hydroxylation is 1. The third-order valence-corrected chi connectivity index (χ3v) is 4.39. The lowest BCUT2D eigenvalue weighted by Gasteiger charge is -2.35. The Hall–Kier alpha value is -1.10. The molecule has 4 nitrogen and oxygen atoms in total. The van der Waals surface area contributed by atoms with Crippen LogP contribution in [0.15, 0.2) is 5.38 Å². The van der Waals surface area contributed by atoms with E-state index in [-0.39, 0.29) is 6.42 Å². The zero-order chi connectivity index (χ0) is 13.0. The van der Waals surface area contributed by atoms with Gasteiger partial charge in [0, 0.05) is 24.4 Å². The van der Waals surface area contributed by atoms with Crippen LogP contribution in [0.5, 0.6) is 0 Å². The second-order valence-electron chi connectivity index (χ2n) is 4.75. The highest BCUT2D eigenvalue weighted by atomic mass is 32.1. The fourth-order valence-electron chi connectivity index (χ4n) is 2.43. The van der Waals surface area contributed by atoms with Gasteiger partial charge < -0.3 is 10.0 Å². The molecular weight excluding hydrogens is 248 g/mol. The molecule has 1 saturated heterocycles. The number of piperidine rings is 1. The summed E-state index contributed by atoms with van der Waals surface area (Å²) in [6.07, 6.45) is 5.43. The minimum absolute atomic E-state index is 0.257. The van der Waals surface area contributed by atoms with E-state index in [1.54, 1.807) is 11.3 Å². The molecule has 0 spiro atoms. The Morgan fingerprint density at radius 1 is 1.61 bits per heavy atom. The van der Waals surface area contributed by atoms with Crippen molar-refractivity contribution in [1.82, 2.24) is 4.98 Å². The molecule has 1 aromatic heterocycles. The molecule has 1 unspecified atom stereocenters. The van der Waals surface area contributed by atoms with Gasteiger partial charge in [-0.15, -0.1) is 11.3 Å². The van der Waals surface area contributed by atoms with E-state index >= 15 is 0 Å². The van der Waals surface area contributed by atoms with Crippen LogP contribution in [0.3, 0.4) is 0 Å². The number of hydrogen-bond donors (Lipinski definition) is 1. The Kier molecular flexibility index (Phi) is 4.58. The third kappa shape index (κ3) is 3.22. The van der Waals surface area contributed by atoms with E-state index in [1.807, 2.05) is 0 Å². The summed E-state index contributed by atoms with van der Waals surface area (Å²) in [5.74, 6) is -0.700. The molecule has 0 amide bonds. The Bertz CT molecular complexity index is 405. The summed E-state index contributed by atoms with van der Waals surface area (Å²) < 4.78 is 0. The number of anilines is 1. The Morgan fingerprint density at radius 2 is 2.44 bits per heavy atom. The molecule has 0 bridgehead atoms. The monoisotopic (exact) mass is 268 g/mol. The maximum Gasteiger partial charge on any atom is 0.303 e. The summed E-state index contributed by atoms with van der Waals surface area (Å²) in [5, 5.41) is 12.0. The van der Waals surface area contributed by atoms with Crippen molar-refractivity contribution >= 4 is 22.4 Å². The van der Waals surface area contributed by atoms with E-state index in [2.05, 4.69) is 22.2 Å². The smallest absolute Gasteiger partial charge is 0.303 e. The average Bonchev–Trinajstić information content (AvgIpc) is 2.85. The zero-order valence-electron chi connectivity index (χ0n) is 10.8. The fraction of sp³-hybridized carbons (Fsp3) is 0.692. The van der Waals surface area contributed by atoms with Crippen molar-refractivity contribution in [2.75, 3.05) is 11.4 Å². The van der Waals surface area contributed by atoms with Gasteiger partial charge in [0.2, 0.25) is 0 Å². The van der Waals surface area contributed by atoms with E-state index in [0.29, 0.717) is 6.04 Å². The normalized spacial score (nSPS) is 20.1. The van der Waals surface area contributed by atoms with Gasteiger partial charge in [0.15, 0.2) is 5.13 Å². The predicted octanol–water partition coefficient (Wildman–Crippen LogP) is 2.93. The quantitative estimate of drug-likeness (QED) is 0.892. The first-order valence-electron chi connectivity index (χ1n) is 6.63. The topological polar surface area (TPSA) is 53.4 Å². The summed E-state index contributed by atoms with van der Waals surface area (Å²) in [4.78, 5) is 17.6. The molecular formula is C13H20N2O2S. The molecule has 1 fully saturated rings. The summed E-state index contributed by atoms with van der Waals surface area (Å²) in [6.45, 7) is 3.12. The van der Waals surface area contributed by atoms with E-state index in [9.17, 15) is 4.79 Å².